The SMILES string of the molecule is COc1ccccc1OCCNC(=O)c1cnn(-c2ccc(C(F)(F)F)cn2)c1C(C)C. The molecule has 10 heteroatoms. The van der Waals surface area contributed by atoms with Gasteiger partial charge in [0.25, 0.3) is 5.91 Å². The first-order valence-electron chi connectivity index (χ1n) is 9.88. The fourth-order valence-corrected chi connectivity index (χ4v) is 3.11. The maximum absolute atomic E-state index is 12.8. The van der Waals surface area contributed by atoms with Gasteiger partial charge in [-0.2, -0.15) is 18.3 Å². The average Bonchev–Trinajstić information content (AvgIpc) is 3.22. The number of hydrogen-bond acceptors (Lipinski definition) is 5. The number of nitrogens with one attached hydrogen (secondary N) is 1. The van der Waals surface area contributed by atoms with Crippen molar-refractivity contribution in [3.05, 3.63) is 65.6 Å². The number of rotatable bonds is 8. The van der Waals surface area contributed by atoms with Crippen LogP contribution in [-0.2, 0) is 6.18 Å². The highest BCUT2D eigenvalue weighted by molar-refractivity contribution is 5.95. The molecule has 2 heterocycles. The minimum atomic E-state index is -4.48. The molecule has 0 saturated heterocycles. The quantitative estimate of drug-likeness (QED) is 0.522. The number of hydrogen-bond donors (Lipinski definition) is 1. The van der Waals surface area contributed by atoms with Gasteiger partial charge in [0.15, 0.2) is 17.3 Å². The van der Waals surface area contributed by atoms with Gasteiger partial charge >= 0.3 is 6.18 Å². The summed E-state index contributed by atoms with van der Waals surface area (Å²) in [5.41, 5.74) is 0.00640. The van der Waals surface area contributed by atoms with Gasteiger partial charge in [-0.15, -0.1) is 0 Å². The van der Waals surface area contributed by atoms with Crippen LogP contribution in [0.15, 0.2) is 48.8 Å². The third kappa shape index (κ3) is 5.19. The van der Waals surface area contributed by atoms with Crippen molar-refractivity contribution in [1.29, 1.82) is 0 Å². The highest BCUT2D eigenvalue weighted by Crippen LogP contribution is 2.29. The number of pyridine rings is 1. The van der Waals surface area contributed by atoms with E-state index in [-0.39, 0.29) is 30.8 Å². The van der Waals surface area contributed by atoms with Gasteiger partial charge in [-0.05, 0) is 30.2 Å². The Balaban J connectivity index is 1.70. The van der Waals surface area contributed by atoms with Crippen molar-refractivity contribution in [2.45, 2.75) is 25.9 Å². The maximum atomic E-state index is 12.8. The highest BCUT2D eigenvalue weighted by atomic mass is 19.4. The van der Waals surface area contributed by atoms with E-state index in [1.165, 1.54) is 16.9 Å². The molecule has 0 spiro atoms. The van der Waals surface area contributed by atoms with E-state index in [1.807, 2.05) is 26.0 Å². The van der Waals surface area contributed by atoms with Crippen LogP contribution in [0.4, 0.5) is 13.2 Å². The smallest absolute Gasteiger partial charge is 0.417 e. The lowest BCUT2D eigenvalue weighted by atomic mass is 10.1. The molecule has 0 aliphatic carbocycles. The molecule has 170 valence electrons. The third-order valence-corrected chi connectivity index (χ3v) is 4.60. The number of alkyl halides is 3. The Morgan fingerprint density at radius 3 is 2.44 bits per heavy atom. The van der Waals surface area contributed by atoms with Crippen LogP contribution in [0.2, 0.25) is 0 Å². The van der Waals surface area contributed by atoms with Gasteiger partial charge in [-0.1, -0.05) is 26.0 Å². The zero-order valence-electron chi connectivity index (χ0n) is 17.8. The summed E-state index contributed by atoms with van der Waals surface area (Å²) in [4.78, 5) is 16.6. The molecule has 0 fully saturated rings. The first kappa shape index (κ1) is 23.1. The van der Waals surface area contributed by atoms with Crippen LogP contribution >= 0.6 is 0 Å². The largest absolute Gasteiger partial charge is 0.493 e. The molecule has 0 aliphatic rings. The summed E-state index contributed by atoms with van der Waals surface area (Å²) in [5, 5.41) is 6.95. The van der Waals surface area contributed by atoms with Crippen molar-refractivity contribution < 1.29 is 27.4 Å². The number of carbonyl (C=O) groups excluding carboxylic acids is 1. The summed E-state index contributed by atoms with van der Waals surface area (Å²) >= 11 is 0. The molecular formula is C22H23F3N4O3. The summed E-state index contributed by atoms with van der Waals surface area (Å²) in [6.45, 7) is 4.17. The lowest BCUT2D eigenvalue weighted by Gasteiger charge is -2.14. The normalized spacial score (nSPS) is 11.5. The van der Waals surface area contributed by atoms with Crippen molar-refractivity contribution in [2.24, 2.45) is 0 Å². The van der Waals surface area contributed by atoms with Gasteiger partial charge in [-0.3, -0.25) is 4.79 Å². The maximum Gasteiger partial charge on any atom is 0.417 e. The Morgan fingerprint density at radius 1 is 1.12 bits per heavy atom. The summed E-state index contributed by atoms with van der Waals surface area (Å²) in [5.74, 6) is 0.850. The summed E-state index contributed by atoms with van der Waals surface area (Å²) in [7, 11) is 1.54. The van der Waals surface area contributed by atoms with Crippen molar-refractivity contribution in [3.8, 4) is 17.3 Å². The standard InChI is InChI=1S/C22H23F3N4O3/c1-14(2)20-16(13-28-29(20)19-9-8-15(12-27-19)22(23,24)25)21(30)26-10-11-32-18-7-5-4-6-17(18)31-3/h4-9,12-14H,10-11H2,1-3H3,(H,26,30). The predicted octanol–water partition coefficient (Wildman–Crippen LogP) is 4.23. The molecule has 0 aliphatic heterocycles. The van der Waals surface area contributed by atoms with Crippen LogP contribution < -0.4 is 14.8 Å². The van der Waals surface area contributed by atoms with Crippen LogP contribution in [0.25, 0.3) is 5.82 Å². The molecule has 2 aromatic heterocycles. The monoisotopic (exact) mass is 448 g/mol. The van der Waals surface area contributed by atoms with E-state index in [0.29, 0.717) is 22.8 Å². The molecule has 3 aromatic rings. The van der Waals surface area contributed by atoms with Crippen molar-refractivity contribution in [1.82, 2.24) is 20.1 Å². The fourth-order valence-electron chi connectivity index (χ4n) is 3.11. The molecule has 1 N–H and O–H groups in total. The molecule has 32 heavy (non-hydrogen) atoms. The van der Waals surface area contributed by atoms with E-state index in [4.69, 9.17) is 9.47 Å². The van der Waals surface area contributed by atoms with E-state index in [9.17, 15) is 18.0 Å². The number of halogens is 3. The number of carbonyl (C=O) groups is 1. The van der Waals surface area contributed by atoms with Crippen LogP contribution in [0.1, 0.15) is 41.4 Å². The highest BCUT2D eigenvalue weighted by Gasteiger charge is 2.31. The van der Waals surface area contributed by atoms with Crippen molar-refractivity contribution >= 4 is 5.91 Å². The Morgan fingerprint density at radius 2 is 1.84 bits per heavy atom. The summed E-state index contributed by atoms with van der Waals surface area (Å²) in [6, 6.07) is 9.33. The van der Waals surface area contributed by atoms with Crippen molar-refractivity contribution in [3.63, 3.8) is 0 Å². The van der Waals surface area contributed by atoms with E-state index in [1.54, 1.807) is 19.2 Å². The molecule has 1 aromatic carbocycles. The Bertz CT molecular complexity index is 1060. The summed E-state index contributed by atoms with van der Waals surface area (Å²) < 4.78 is 50.7. The lowest BCUT2D eigenvalue weighted by molar-refractivity contribution is -0.137. The first-order chi connectivity index (χ1) is 15.2. The topological polar surface area (TPSA) is 78.3 Å². The van der Waals surface area contributed by atoms with Crippen LogP contribution in [0.5, 0.6) is 11.5 Å². The van der Waals surface area contributed by atoms with E-state index < -0.39 is 11.7 Å². The van der Waals surface area contributed by atoms with Crippen LogP contribution in [0, 0.1) is 0 Å². The van der Waals surface area contributed by atoms with E-state index in [0.717, 1.165) is 12.3 Å². The molecule has 0 saturated carbocycles. The molecular weight excluding hydrogens is 425 g/mol. The van der Waals surface area contributed by atoms with Crippen LogP contribution in [0.3, 0.4) is 0 Å². The zero-order chi connectivity index (χ0) is 23.3. The number of aromatic nitrogens is 3. The van der Waals surface area contributed by atoms with E-state index >= 15 is 0 Å². The molecule has 0 unspecified atom stereocenters. The molecule has 3 rings (SSSR count). The number of benzene rings is 1. The molecule has 7 nitrogen and oxygen atoms in total. The second-order valence-corrected chi connectivity index (χ2v) is 7.17. The lowest BCUT2D eigenvalue weighted by Crippen LogP contribution is -2.29. The van der Waals surface area contributed by atoms with Gasteiger partial charge in [0.1, 0.15) is 6.61 Å². The summed E-state index contributed by atoms with van der Waals surface area (Å²) in [6.07, 6.45) is -2.35. The third-order valence-electron chi connectivity index (χ3n) is 4.60. The number of methoxy groups -OCH3 is 1. The second-order valence-electron chi connectivity index (χ2n) is 7.17. The van der Waals surface area contributed by atoms with Gasteiger partial charge < -0.3 is 14.8 Å². The predicted molar refractivity (Wildman–Crippen MR) is 111 cm³/mol. The number of amides is 1. The molecule has 0 atom stereocenters. The minimum Gasteiger partial charge on any atom is -0.493 e. The first-order valence-corrected chi connectivity index (χ1v) is 9.88. The Kier molecular flexibility index (Phi) is 7.01. The zero-order valence-corrected chi connectivity index (χ0v) is 17.8. The number of para-hydroxylation sites is 2. The number of nitrogens with zero attached hydrogens (tertiary/aromatic N) is 3. The van der Waals surface area contributed by atoms with Gasteiger partial charge in [0.2, 0.25) is 0 Å². The molecule has 0 radical (unpaired) electrons. The van der Waals surface area contributed by atoms with Crippen LogP contribution in [-0.4, -0.2) is 40.9 Å². The Hall–Kier alpha value is -3.56. The van der Waals surface area contributed by atoms with Gasteiger partial charge in [0, 0.05) is 6.20 Å². The molecule has 0 bridgehead atoms. The Labute approximate surface area is 183 Å². The van der Waals surface area contributed by atoms with Crippen molar-refractivity contribution in [2.75, 3.05) is 20.3 Å². The average molecular weight is 448 g/mol. The second kappa shape index (κ2) is 9.71. The van der Waals surface area contributed by atoms with Gasteiger partial charge in [0.05, 0.1) is 36.7 Å². The number of ether oxygens (including phenoxy) is 2. The van der Waals surface area contributed by atoms with E-state index in [2.05, 4.69) is 15.4 Å². The van der Waals surface area contributed by atoms with Gasteiger partial charge in [-0.25, -0.2) is 9.67 Å². The fraction of sp³-hybridized carbons (Fsp3) is 0.318. The molecule has 1 amide bonds. The minimum absolute atomic E-state index is 0.132.